The molecule has 0 N–H and O–H groups in total. The van der Waals surface area contributed by atoms with Gasteiger partial charge in [0.2, 0.25) is 0 Å². The van der Waals surface area contributed by atoms with Crippen LogP contribution in [0.3, 0.4) is 0 Å². The van der Waals surface area contributed by atoms with Gasteiger partial charge in [-0.15, -0.1) is 0 Å². The van der Waals surface area contributed by atoms with Gasteiger partial charge in [-0.05, 0) is 84.9 Å². The fourth-order valence-electron chi connectivity index (χ4n) is 5.60. The Morgan fingerprint density at radius 2 is 1.74 bits per heavy atom. The molecule has 0 radical (unpaired) electrons. The third-order valence-corrected chi connectivity index (χ3v) is 7.25. The molecule has 0 bridgehead atoms. The van der Waals surface area contributed by atoms with Gasteiger partial charge < -0.3 is 0 Å². The Labute approximate surface area is 185 Å². The first-order chi connectivity index (χ1) is 15.1. The summed E-state index contributed by atoms with van der Waals surface area (Å²) in [5, 5.41) is 0. The lowest BCUT2D eigenvalue weighted by atomic mass is 9.76. The third kappa shape index (κ3) is 3.90. The molecule has 1 heteroatoms. The van der Waals surface area contributed by atoms with Crippen LogP contribution in [0.5, 0.6) is 0 Å². The molecule has 1 nitrogen and oxygen atoms in total. The largest absolute Gasteiger partial charge is 0.300 e. The number of hydrogen-bond donors (Lipinski definition) is 0. The van der Waals surface area contributed by atoms with Crippen LogP contribution in [0.4, 0.5) is 0 Å². The summed E-state index contributed by atoms with van der Waals surface area (Å²) >= 11 is 0. The van der Waals surface area contributed by atoms with Crippen molar-refractivity contribution in [2.45, 2.75) is 51.9 Å². The van der Waals surface area contributed by atoms with Gasteiger partial charge >= 0.3 is 0 Å². The van der Waals surface area contributed by atoms with E-state index in [9.17, 15) is 4.79 Å². The third-order valence-electron chi connectivity index (χ3n) is 7.25. The van der Waals surface area contributed by atoms with E-state index in [0.717, 1.165) is 32.1 Å². The molecule has 5 rings (SSSR count). The van der Waals surface area contributed by atoms with E-state index in [1.807, 2.05) is 0 Å². The van der Waals surface area contributed by atoms with Gasteiger partial charge in [-0.1, -0.05) is 78.4 Å². The highest BCUT2D eigenvalue weighted by Crippen LogP contribution is 2.42. The molecule has 0 amide bonds. The molecule has 0 saturated heterocycles. The Morgan fingerprint density at radius 1 is 0.968 bits per heavy atom. The van der Waals surface area contributed by atoms with E-state index in [1.165, 1.54) is 44.5 Å². The molecule has 156 valence electrons. The minimum absolute atomic E-state index is 0.178. The molecule has 0 aromatic heterocycles. The molecule has 0 spiro atoms. The molecule has 2 unspecified atom stereocenters. The zero-order valence-corrected chi connectivity index (χ0v) is 18.5. The van der Waals surface area contributed by atoms with E-state index >= 15 is 0 Å². The fraction of sp³-hybridized carbons (Fsp3) is 0.300. The Bertz CT molecular complexity index is 1150. The molecule has 0 aliphatic heterocycles. The summed E-state index contributed by atoms with van der Waals surface area (Å²) in [5.41, 5.74) is 11.3. The molecule has 3 aromatic rings. The second-order valence-corrected chi connectivity index (χ2v) is 9.30. The summed E-state index contributed by atoms with van der Waals surface area (Å²) in [6, 6.07) is 24.4. The van der Waals surface area contributed by atoms with Crippen LogP contribution >= 0.6 is 0 Å². The van der Waals surface area contributed by atoms with Crippen molar-refractivity contribution < 1.29 is 4.79 Å². The lowest BCUT2D eigenvalue weighted by molar-refractivity contribution is -0.121. The summed E-state index contributed by atoms with van der Waals surface area (Å²) < 4.78 is 0. The lowest BCUT2D eigenvalue weighted by Gasteiger charge is -2.28. The summed E-state index contributed by atoms with van der Waals surface area (Å²) in [6.07, 6.45) is 7.37. The van der Waals surface area contributed by atoms with Crippen LogP contribution in [-0.2, 0) is 30.5 Å². The van der Waals surface area contributed by atoms with Gasteiger partial charge in [0, 0.05) is 11.8 Å². The number of Topliss-reactive ketones (excluding diaryl/α,β-unsaturated/α-hetero) is 1. The van der Waals surface area contributed by atoms with E-state index in [0.29, 0.717) is 11.7 Å². The number of hydrogen-bond acceptors (Lipinski definition) is 1. The zero-order chi connectivity index (χ0) is 21.4. The average Bonchev–Trinajstić information content (AvgIpc) is 3.13. The molecule has 3 aromatic carbocycles. The van der Waals surface area contributed by atoms with Gasteiger partial charge in [0.05, 0.1) is 0 Å². The van der Waals surface area contributed by atoms with Gasteiger partial charge in [-0.2, -0.15) is 0 Å². The van der Waals surface area contributed by atoms with Crippen LogP contribution in [-0.4, -0.2) is 5.78 Å². The number of rotatable bonds is 5. The molecule has 2 aliphatic carbocycles. The van der Waals surface area contributed by atoms with E-state index in [-0.39, 0.29) is 5.92 Å². The first-order valence-electron chi connectivity index (χ1n) is 11.6. The SMILES string of the molecule is CC(=O)C1CCc2c(CCc3ccccc3)cc(C3C(C)=Cc4ccccc43)cc2C1. The van der Waals surface area contributed by atoms with E-state index in [2.05, 4.69) is 79.7 Å². The molecule has 2 atom stereocenters. The predicted molar refractivity (Wildman–Crippen MR) is 128 cm³/mol. The lowest BCUT2D eigenvalue weighted by Crippen LogP contribution is -2.22. The first kappa shape index (κ1) is 20.0. The smallest absolute Gasteiger partial charge is 0.133 e. The van der Waals surface area contributed by atoms with Crippen LogP contribution in [0.2, 0.25) is 0 Å². The topological polar surface area (TPSA) is 17.1 Å². The van der Waals surface area contributed by atoms with Crippen molar-refractivity contribution >= 4 is 11.9 Å². The van der Waals surface area contributed by atoms with E-state index < -0.39 is 0 Å². The van der Waals surface area contributed by atoms with Crippen molar-refractivity contribution in [1.82, 2.24) is 0 Å². The Morgan fingerprint density at radius 3 is 2.55 bits per heavy atom. The maximum atomic E-state index is 12.2. The second-order valence-electron chi connectivity index (χ2n) is 9.30. The standard InChI is InChI=1S/C30H30O/c1-20-16-24-10-6-7-11-29(24)30(20)27-18-25(13-12-22-8-4-3-5-9-22)28-15-14-23(21(2)31)17-26(28)19-27/h3-11,16,18-19,23,30H,12-15,17H2,1-2H3. The van der Waals surface area contributed by atoms with Crippen molar-refractivity contribution in [3.8, 4) is 0 Å². The van der Waals surface area contributed by atoms with Crippen molar-refractivity contribution in [1.29, 1.82) is 0 Å². The van der Waals surface area contributed by atoms with Crippen LogP contribution in [0.1, 0.15) is 65.1 Å². The van der Waals surface area contributed by atoms with Gasteiger partial charge in [0.15, 0.2) is 0 Å². The number of carbonyl (C=O) groups is 1. The highest BCUT2D eigenvalue weighted by molar-refractivity contribution is 5.79. The van der Waals surface area contributed by atoms with Crippen LogP contribution in [0.25, 0.3) is 6.08 Å². The van der Waals surface area contributed by atoms with Crippen LogP contribution < -0.4 is 0 Å². The molecule has 0 fully saturated rings. The molecular formula is C30H30O. The molecule has 31 heavy (non-hydrogen) atoms. The zero-order valence-electron chi connectivity index (χ0n) is 18.5. The highest BCUT2D eigenvalue weighted by atomic mass is 16.1. The van der Waals surface area contributed by atoms with Crippen LogP contribution in [0, 0.1) is 5.92 Å². The van der Waals surface area contributed by atoms with Gasteiger partial charge in [0.1, 0.15) is 5.78 Å². The van der Waals surface area contributed by atoms with Crippen molar-refractivity contribution in [3.63, 3.8) is 0 Å². The Hall–Kier alpha value is -2.93. The van der Waals surface area contributed by atoms with E-state index in [4.69, 9.17) is 0 Å². The Balaban J connectivity index is 1.55. The van der Waals surface area contributed by atoms with Gasteiger partial charge in [-0.25, -0.2) is 0 Å². The number of carbonyl (C=O) groups excluding carboxylic acids is 1. The predicted octanol–water partition coefficient (Wildman–Crippen LogP) is 6.71. The number of allylic oxidation sites excluding steroid dienone is 1. The number of fused-ring (bicyclic) bond motifs is 2. The molecular weight excluding hydrogens is 376 g/mol. The maximum Gasteiger partial charge on any atom is 0.133 e. The molecule has 2 aliphatic rings. The molecule has 0 heterocycles. The van der Waals surface area contributed by atoms with E-state index in [1.54, 1.807) is 6.92 Å². The minimum Gasteiger partial charge on any atom is -0.300 e. The highest BCUT2D eigenvalue weighted by Gasteiger charge is 2.28. The summed E-state index contributed by atoms with van der Waals surface area (Å²) in [5.74, 6) is 0.844. The summed E-state index contributed by atoms with van der Waals surface area (Å²) in [6.45, 7) is 4.02. The summed E-state index contributed by atoms with van der Waals surface area (Å²) in [7, 11) is 0. The number of benzene rings is 3. The maximum absolute atomic E-state index is 12.2. The van der Waals surface area contributed by atoms with Crippen LogP contribution in [0.15, 0.2) is 72.3 Å². The quantitative estimate of drug-likeness (QED) is 0.460. The van der Waals surface area contributed by atoms with Crippen molar-refractivity contribution in [2.24, 2.45) is 5.92 Å². The normalized spacial score (nSPS) is 19.5. The Kier molecular flexibility index (Phi) is 5.36. The second kappa shape index (κ2) is 8.30. The van der Waals surface area contributed by atoms with Gasteiger partial charge in [0.25, 0.3) is 0 Å². The number of ketones is 1. The first-order valence-corrected chi connectivity index (χ1v) is 11.6. The minimum atomic E-state index is 0.178. The fourth-order valence-corrected chi connectivity index (χ4v) is 5.60. The number of aryl methyl sites for hydroxylation is 2. The average molecular weight is 407 g/mol. The van der Waals surface area contributed by atoms with Gasteiger partial charge in [-0.3, -0.25) is 4.79 Å². The van der Waals surface area contributed by atoms with Crippen molar-refractivity contribution in [2.75, 3.05) is 0 Å². The van der Waals surface area contributed by atoms with Crippen molar-refractivity contribution in [3.05, 3.63) is 111 Å². The summed E-state index contributed by atoms with van der Waals surface area (Å²) in [4.78, 5) is 12.2. The monoisotopic (exact) mass is 406 g/mol. The molecule has 0 saturated carbocycles.